The average molecular weight is 423 g/mol. The third-order valence-electron chi connectivity index (χ3n) is 7.54. The Bertz CT molecular complexity index is 1290. The van der Waals surface area contributed by atoms with E-state index in [4.69, 9.17) is 9.47 Å². The predicted molar refractivity (Wildman–Crippen MR) is 107 cm³/mol. The first-order chi connectivity index (χ1) is 15.0. The molecule has 0 radical (unpaired) electrons. The van der Waals surface area contributed by atoms with E-state index in [-0.39, 0.29) is 6.61 Å². The van der Waals surface area contributed by atoms with E-state index < -0.39 is 58.3 Å². The second kappa shape index (κ2) is 5.66. The predicted octanol–water partition coefficient (Wildman–Crippen LogP) is 0.967. The molecule has 1 saturated carbocycles. The number of benzene rings is 1. The minimum Gasteiger partial charge on any atom is -0.465 e. The number of rotatable bonds is 4. The van der Waals surface area contributed by atoms with Crippen LogP contribution in [0.25, 0.3) is 5.69 Å². The van der Waals surface area contributed by atoms with Gasteiger partial charge in [0, 0.05) is 5.92 Å². The van der Waals surface area contributed by atoms with Crippen LogP contribution >= 0.6 is 0 Å². The smallest absolute Gasteiger partial charge is 0.352 e. The molecular formula is C22H21N3O6. The number of nitrogens with zero attached hydrogens (tertiary/aromatic N) is 3. The molecule has 1 saturated heterocycles. The van der Waals surface area contributed by atoms with Gasteiger partial charge >= 0.3 is 23.3 Å². The molecule has 9 nitrogen and oxygen atoms in total. The van der Waals surface area contributed by atoms with Crippen molar-refractivity contribution in [1.82, 2.24) is 13.9 Å². The minimum atomic E-state index is -1.50. The summed E-state index contributed by atoms with van der Waals surface area (Å²) in [6.07, 6.45) is 3.63. The molecule has 3 aliphatic heterocycles. The van der Waals surface area contributed by atoms with Crippen LogP contribution in [-0.2, 0) is 19.1 Å². The van der Waals surface area contributed by atoms with Gasteiger partial charge in [0.15, 0.2) is 5.41 Å². The lowest BCUT2D eigenvalue weighted by molar-refractivity contribution is -0.163. The van der Waals surface area contributed by atoms with E-state index in [1.165, 1.54) is 9.36 Å². The minimum absolute atomic E-state index is 0.128. The summed E-state index contributed by atoms with van der Waals surface area (Å²) in [7, 11) is 0. The van der Waals surface area contributed by atoms with Crippen molar-refractivity contribution in [2.24, 2.45) is 16.7 Å². The summed E-state index contributed by atoms with van der Waals surface area (Å²) < 4.78 is 14.9. The Morgan fingerprint density at radius 3 is 2.45 bits per heavy atom. The summed E-state index contributed by atoms with van der Waals surface area (Å²) in [4.78, 5) is 53.1. The number of hydrogen-bond acceptors (Lipinski definition) is 6. The van der Waals surface area contributed by atoms with E-state index in [2.05, 4.69) is 0 Å². The van der Waals surface area contributed by atoms with Crippen LogP contribution in [0.15, 0.2) is 52.1 Å². The highest BCUT2D eigenvalue weighted by Gasteiger charge is 2.97. The first-order valence-electron chi connectivity index (χ1n) is 10.6. The number of cyclic esters (lactones) is 1. The van der Waals surface area contributed by atoms with Gasteiger partial charge in [-0.05, 0) is 25.5 Å². The molecule has 0 N–H and O–H groups in total. The molecule has 6 atom stereocenters. The number of aromatic nitrogens is 3. The number of ether oxygens (including phenoxy) is 2. The van der Waals surface area contributed by atoms with Gasteiger partial charge in [0.25, 0.3) is 0 Å². The van der Waals surface area contributed by atoms with E-state index in [0.29, 0.717) is 12.1 Å². The molecule has 7 rings (SSSR count). The van der Waals surface area contributed by atoms with Gasteiger partial charge in [-0.2, -0.15) is 0 Å². The zero-order valence-electron chi connectivity index (χ0n) is 17.1. The molecule has 2 fully saturated rings. The maximum Gasteiger partial charge on any atom is 0.352 e. The fraction of sp³-hybridized carbons (Fsp3) is 0.455. The fourth-order valence-corrected chi connectivity index (χ4v) is 6.62. The summed E-state index contributed by atoms with van der Waals surface area (Å²) in [5.41, 5.74) is -2.94. The summed E-state index contributed by atoms with van der Waals surface area (Å²) >= 11 is 0. The monoisotopic (exact) mass is 423 g/mol. The molecule has 2 aromatic rings. The Hall–Kier alpha value is -3.36. The molecule has 0 amide bonds. The van der Waals surface area contributed by atoms with Crippen LogP contribution in [0.2, 0.25) is 0 Å². The van der Waals surface area contributed by atoms with Crippen molar-refractivity contribution >= 4 is 11.9 Å². The molecule has 160 valence electrons. The molecule has 5 aliphatic rings. The van der Waals surface area contributed by atoms with Crippen LogP contribution in [0.3, 0.4) is 0 Å². The molecule has 1 aromatic heterocycles. The highest BCUT2D eigenvalue weighted by molar-refractivity contribution is 6.08. The normalized spacial score (nSPS) is 35.9. The van der Waals surface area contributed by atoms with E-state index >= 15 is 0 Å². The first-order valence-corrected chi connectivity index (χ1v) is 10.6. The summed E-state index contributed by atoms with van der Waals surface area (Å²) in [5, 5.41) is 0. The third kappa shape index (κ3) is 1.70. The van der Waals surface area contributed by atoms with Gasteiger partial charge in [-0.15, -0.1) is 0 Å². The number of hydrogen-bond donors (Lipinski definition) is 0. The molecule has 2 bridgehead atoms. The zero-order chi connectivity index (χ0) is 21.7. The lowest BCUT2D eigenvalue weighted by atomic mass is 9.78. The van der Waals surface area contributed by atoms with Gasteiger partial charge in [-0.25, -0.2) is 23.5 Å². The van der Waals surface area contributed by atoms with Gasteiger partial charge in [0.05, 0.1) is 29.8 Å². The number of carbonyl (C=O) groups is 2. The van der Waals surface area contributed by atoms with Gasteiger partial charge in [0.2, 0.25) is 0 Å². The largest absolute Gasteiger partial charge is 0.465 e. The topological polar surface area (TPSA) is 102 Å². The third-order valence-corrected chi connectivity index (χ3v) is 7.54. The number of carbonyl (C=O) groups excluding carboxylic acids is 2. The van der Waals surface area contributed by atoms with Crippen molar-refractivity contribution in [3.05, 3.63) is 63.5 Å². The Morgan fingerprint density at radius 1 is 1.06 bits per heavy atom. The van der Waals surface area contributed by atoms with Crippen molar-refractivity contribution < 1.29 is 19.1 Å². The second-order valence-electron chi connectivity index (χ2n) is 8.49. The Labute approximate surface area is 176 Å². The molecule has 31 heavy (non-hydrogen) atoms. The van der Waals surface area contributed by atoms with Crippen LogP contribution in [0.5, 0.6) is 0 Å². The van der Waals surface area contributed by atoms with Crippen LogP contribution in [0.4, 0.5) is 0 Å². The number of allylic oxidation sites excluding steroid dienone is 2. The van der Waals surface area contributed by atoms with Gasteiger partial charge in [-0.3, -0.25) is 9.59 Å². The molecule has 2 aliphatic carbocycles. The van der Waals surface area contributed by atoms with Crippen LogP contribution in [0.1, 0.15) is 32.4 Å². The van der Waals surface area contributed by atoms with E-state index in [9.17, 15) is 19.2 Å². The van der Waals surface area contributed by atoms with E-state index in [1.54, 1.807) is 31.2 Å². The lowest BCUT2D eigenvalue weighted by Crippen LogP contribution is -2.48. The average Bonchev–Trinajstić information content (AvgIpc) is 3.28. The Kier molecular flexibility index (Phi) is 3.36. The van der Waals surface area contributed by atoms with Crippen molar-refractivity contribution in [3.8, 4) is 5.69 Å². The van der Waals surface area contributed by atoms with Crippen molar-refractivity contribution in [3.63, 3.8) is 0 Å². The van der Waals surface area contributed by atoms with Crippen LogP contribution in [0, 0.1) is 16.7 Å². The maximum absolute atomic E-state index is 13.5. The van der Waals surface area contributed by atoms with Gasteiger partial charge < -0.3 is 9.47 Å². The fourth-order valence-electron chi connectivity index (χ4n) is 6.62. The van der Waals surface area contributed by atoms with Gasteiger partial charge in [-0.1, -0.05) is 37.3 Å². The van der Waals surface area contributed by atoms with Crippen molar-refractivity contribution in [2.45, 2.75) is 38.5 Å². The second-order valence-corrected chi connectivity index (χ2v) is 8.49. The molecule has 1 spiro atoms. The van der Waals surface area contributed by atoms with E-state index in [0.717, 1.165) is 4.57 Å². The van der Waals surface area contributed by atoms with Crippen LogP contribution < -0.4 is 11.4 Å². The SMILES string of the molecule is CCOC(=O)[C@]12C(=O)OC(CC)C13[C@@H]1C=C[C@H]([C@@H]32)n2c(=O)n(-c3ccccc3)c(=O)n21. The van der Waals surface area contributed by atoms with Crippen molar-refractivity contribution in [1.29, 1.82) is 0 Å². The quantitative estimate of drug-likeness (QED) is 0.413. The molecule has 2 unspecified atom stereocenters. The summed E-state index contributed by atoms with van der Waals surface area (Å²) in [6, 6.07) is 7.45. The highest BCUT2D eigenvalue weighted by Crippen LogP contribution is 2.85. The highest BCUT2D eigenvalue weighted by atomic mass is 16.6. The Balaban J connectivity index is 1.61. The summed E-state index contributed by atoms with van der Waals surface area (Å²) in [5.74, 6) is -1.71. The zero-order valence-corrected chi connectivity index (χ0v) is 17.1. The standard InChI is InChI=1S/C22H21N3O6/c1-3-15-21-14-11-10-13(16(21)22(21,18(27)31-15)17(26)30-4-2)24-19(28)23(20(29)25(14)24)12-8-6-5-7-9-12/h5-11,13-16H,3-4H2,1-2H3/t13-,14+,15?,16+,21?,22-/m1/s1. The molecule has 4 heterocycles. The van der Waals surface area contributed by atoms with Crippen molar-refractivity contribution in [2.75, 3.05) is 6.61 Å². The molecule has 9 heteroatoms. The first kappa shape index (κ1) is 18.4. The number of para-hydroxylation sites is 1. The van der Waals surface area contributed by atoms with E-state index in [1.807, 2.05) is 25.1 Å². The molecule has 1 aromatic carbocycles. The molecular weight excluding hydrogens is 402 g/mol. The summed E-state index contributed by atoms with van der Waals surface area (Å²) in [6.45, 7) is 3.70. The lowest BCUT2D eigenvalue weighted by Gasteiger charge is -2.40. The maximum atomic E-state index is 13.5. The van der Waals surface area contributed by atoms with Gasteiger partial charge in [0.1, 0.15) is 6.10 Å². The number of esters is 2. The Morgan fingerprint density at radius 2 is 1.77 bits per heavy atom. The van der Waals surface area contributed by atoms with Crippen LogP contribution in [-0.4, -0.2) is 38.6 Å².